The standard InChI is InChI=1S/C19H22ClN7O3S2/c1-3-26(4-2)32(29,30)14-7-8-15(20)16(10-14)23-17(28)12-31-19-25-24-18(27(19)21)13-6-5-9-22-11-13/h5-11H,3-4,12,21H2,1-2H3,(H,23,28). The van der Waals surface area contributed by atoms with Gasteiger partial charge in [-0.25, -0.2) is 13.1 Å². The molecule has 0 spiro atoms. The second kappa shape index (κ2) is 10.3. The summed E-state index contributed by atoms with van der Waals surface area (Å²) < 4.78 is 28.1. The third kappa shape index (κ3) is 5.21. The average molecular weight is 496 g/mol. The van der Waals surface area contributed by atoms with Crippen molar-refractivity contribution in [1.82, 2.24) is 24.2 Å². The lowest BCUT2D eigenvalue weighted by atomic mass is 10.3. The zero-order valence-electron chi connectivity index (χ0n) is 17.4. The van der Waals surface area contributed by atoms with Crippen LogP contribution in [0.3, 0.4) is 0 Å². The van der Waals surface area contributed by atoms with Crippen LogP contribution in [0.25, 0.3) is 11.4 Å². The highest BCUT2D eigenvalue weighted by Gasteiger charge is 2.23. The molecule has 0 atom stereocenters. The molecule has 10 nitrogen and oxygen atoms in total. The van der Waals surface area contributed by atoms with Gasteiger partial charge in [0.05, 0.1) is 21.4 Å². The van der Waals surface area contributed by atoms with Gasteiger partial charge in [-0.3, -0.25) is 9.78 Å². The Labute approximate surface area is 195 Å². The van der Waals surface area contributed by atoms with E-state index in [9.17, 15) is 13.2 Å². The van der Waals surface area contributed by atoms with Crippen molar-refractivity contribution in [3.8, 4) is 11.4 Å². The summed E-state index contributed by atoms with van der Waals surface area (Å²) in [5, 5.41) is 11.2. The lowest BCUT2D eigenvalue weighted by Crippen LogP contribution is -2.30. The monoisotopic (exact) mass is 495 g/mol. The van der Waals surface area contributed by atoms with E-state index in [0.717, 1.165) is 11.8 Å². The van der Waals surface area contributed by atoms with Crippen LogP contribution in [0, 0.1) is 0 Å². The first-order valence-electron chi connectivity index (χ1n) is 9.61. The first-order chi connectivity index (χ1) is 15.3. The number of anilines is 1. The first-order valence-corrected chi connectivity index (χ1v) is 12.4. The number of benzene rings is 1. The van der Waals surface area contributed by atoms with Crippen molar-refractivity contribution in [2.75, 3.05) is 30.0 Å². The Morgan fingerprint density at radius 1 is 1.25 bits per heavy atom. The molecule has 13 heteroatoms. The number of nitrogens with one attached hydrogen (secondary N) is 1. The van der Waals surface area contributed by atoms with Crippen molar-refractivity contribution in [1.29, 1.82) is 0 Å². The van der Waals surface area contributed by atoms with Crippen LogP contribution in [0.5, 0.6) is 0 Å². The fourth-order valence-electron chi connectivity index (χ4n) is 2.86. The molecule has 0 bridgehead atoms. The van der Waals surface area contributed by atoms with E-state index in [-0.39, 0.29) is 21.4 Å². The second-order valence-electron chi connectivity index (χ2n) is 6.49. The Morgan fingerprint density at radius 3 is 2.66 bits per heavy atom. The smallest absolute Gasteiger partial charge is 0.243 e. The third-order valence-corrected chi connectivity index (χ3v) is 7.79. The summed E-state index contributed by atoms with van der Waals surface area (Å²) >= 11 is 7.25. The maximum absolute atomic E-state index is 12.7. The van der Waals surface area contributed by atoms with Crippen molar-refractivity contribution < 1.29 is 13.2 Å². The Hall–Kier alpha value is -2.67. The number of nitrogen functional groups attached to an aromatic ring is 1. The van der Waals surface area contributed by atoms with Crippen LogP contribution in [0.15, 0.2) is 52.8 Å². The Morgan fingerprint density at radius 2 is 2.00 bits per heavy atom. The van der Waals surface area contributed by atoms with Gasteiger partial charge >= 0.3 is 0 Å². The molecule has 0 aliphatic rings. The van der Waals surface area contributed by atoms with Crippen molar-refractivity contribution in [3.63, 3.8) is 0 Å². The first kappa shape index (κ1) is 24.0. The molecule has 3 aromatic rings. The summed E-state index contributed by atoms with van der Waals surface area (Å²) in [6, 6.07) is 7.75. The van der Waals surface area contributed by atoms with Gasteiger partial charge in [-0.15, -0.1) is 10.2 Å². The van der Waals surface area contributed by atoms with Gasteiger partial charge in [0.25, 0.3) is 0 Å². The highest BCUT2D eigenvalue weighted by molar-refractivity contribution is 7.99. The molecule has 0 unspecified atom stereocenters. The molecule has 2 heterocycles. The molecule has 0 aliphatic carbocycles. The number of carbonyl (C=O) groups excluding carboxylic acids is 1. The van der Waals surface area contributed by atoms with Crippen LogP contribution < -0.4 is 11.2 Å². The van der Waals surface area contributed by atoms with Crippen LogP contribution in [0.4, 0.5) is 5.69 Å². The van der Waals surface area contributed by atoms with E-state index in [0.29, 0.717) is 29.6 Å². The maximum atomic E-state index is 12.7. The molecule has 0 saturated heterocycles. The van der Waals surface area contributed by atoms with Crippen LogP contribution in [0.1, 0.15) is 13.8 Å². The number of sulfonamides is 1. The predicted octanol–water partition coefficient (Wildman–Crippen LogP) is 2.47. The number of hydrogen-bond donors (Lipinski definition) is 2. The quantitative estimate of drug-likeness (QED) is 0.341. The molecule has 0 aliphatic heterocycles. The van der Waals surface area contributed by atoms with Crippen LogP contribution in [-0.2, 0) is 14.8 Å². The van der Waals surface area contributed by atoms with E-state index in [1.165, 1.54) is 27.2 Å². The molecule has 0 radical (unpaired) electrons. The Kier molecular flexibility index (Phi) is 7.72. The number of carbonyl (C=O) groups is 1. The van der Waals surface area contributed by atoms with Crippen molar-refractivity contribution in [3.05, 3.63) is 47.7 Å². The number of rotatable bonds is 9. The van der Waals surface area contributed by atoms with E-state index in [4.69, 9.17) is 17.4 Å². The number of hydrogen-bond acceptors (Lipinski definition) is 8. The minimum atomic E-state index is -3.69. The van der Waals surface area contributed by atoms with Crippen molar-refractivity contribution in [2.24, 2.45) is 0 Å². The zero-order chi connectivity index (χ0) is 23.3. The zero-order valence-corrected chi connectivity index (χ0v) is 19.8. The number of nitrogens with zero attached hydrogens (tertiary/aromatic N) is 5. The number of pyridine rings is 1. The van der Waals surface area contributed by atoms with Crippen LogP contribution in [0.2, 0.25) is 5.02 Å². The molecular weight excluding hydrogens is 474 g/mol. The second-order valence-corrected chi connectivity index (χ2v) is 9.77. The van der Waals surface area contributed by atoms with E-state index in [1.54, 1.807) is 38.4 Å². The SMILES string of the molecule is CCN(CC)S(=O)(=O)c1ccc(Cl)c(NC(=O)CSc2nnc(-c3cccnc3)n2N)c1. The lowest BCUT2D eigenvalue weighted by molar-refractivity contribution is -0.113. The predicted molar refractivity (Wildman–Crippen MR) is 124 cm³/mol. The van der Waals surface area contributed by atoms with Crippen LogP contribution in [-0.4, -0.2) is 57.3 Å². The molecule has 0 saturated carbocycles. The van der Waals surface area contributed by atoms with Crippen molar-refractivity contribution in [2.45, 2.75) is 23.9 Å². The van der Waals surface area contributed by atoms with Gasteiger partial charge in [-0.2, -0.15) is 4.31 Å². The van der Waals surface area contributed by atoms with Gasteiger partial charge in [0.2, 0.25) is 21.1 Å². The molecule has 1 amide bonds. The minimum absolute atomic E-state index is 0.0360. The van der Waals surface area contributed by atoms with E-state index >= 15 is 0 Å². The fourth-order valence-corrected chi connectivity index (χ4v) is 5.16. The minimum Gasteiger partial charge on any atom is -0.335 e. The maximum Gasteiger partial charge on any atom is 0.243 e. The van der Waals surface area contributed by atoms with Gasteiger partial charge < -0.3 is 11.2 Å². The number of amides is 1. The van der Waals surface area contributed by atoms with Gasteiger partial charge in [-0.1, -0.05) is 37.2 Å². The Balaban J connectivity index is 1.70. The highest BCUT2D eigenvalue weighted by atomic mass is 35.5. The van der Waals surface area contributed by atoms with E-state index in [1.807, 2.05) is 0 Å². The van der Waals surface area contributed by atoms with E-state index < -0.39 is 15.9 Å². The molecule has 3 N–H and O–H groups in total. The topological polar surface area (TPSA) is 136 Å². The average Bonchev–Trinajstić information content (AvgIpc) is 3.15. The lowest BCUT2D eigenvalue weighted by Gasteiger charge is -2.19. The summed E-state index contributed by atoms with van der Waals surface area (Å²) in [6.45, 7) is 4.18. The number of thioether (sulfide) groups is 1. The molecule has 170 valence electrons. The number of halogens is 1. The molecule has 3 rings (SSSR count). The van der Waals surface area contributed by atoms with Gasteiger partial charge in [0.15, 0.2) is 5.82 Å². The molecule has 0 fully saturated rings. The highest BCUT2D eigenvalue weighted by Crippen LogP contribution is 2.28. The Bertz CT molecular complexity index is 1200. The van der Waals surface area contributed by atoms with Gasteiger partial charge in [0, 0.05) is 31.0 Å². The van der Waals surface area contributed by atoms with Crippen molar-refractivity contribution >= 4 is 45.0 Å². The molecule has 2 aromatic heterocycles. The largest absolute Gasteiger partial charge is 0.335 e. The fraction of sp³-hybridized carbons (Fsp3) is 0.263. The molecular formula is C19H22ClN7O3S2. The third-order valence-electron chi connectivity index (χ3n) is 4.47. The number of aromatic nitrogens is 4. The van der Waals surface area contributed by atoms with Gasteiger partial charge in [-0.05, 0) is 30.3 Å². The summed E-state index contributed by atoms with van der Waals surface area (Å²) in [4.78, 5) is 16.5. The summed E-state index contributed by atoms with van der Waals surface area (Å²) in [5.74, 6) is 6.02. The summed E-state index contributed by atoms with van der Waals surface area (Å²) in [7, 11) is -3.69. The normalized spacial score (nSPS) is 11.6. The van der Waals surface area contributed by atoms with Crippen LogP contribution >= 0.6 is 23.4 Å². The molecule has 32 heavy (non-hydrogen) atoms. The number of nitrogens with two attached hydrogens (primary N) is 1. The molecule has 1 aromatic carbocycles. The summed E-state index contributed by atoms with van der Waals surface area (Å²) in [5.41, 5.74) is 0.896. The van der Waals surface area contributed by atoms with Gasteiger partial charge in [0.1, 0.15) is 0 Å². The summed E-state index contributed by atoms with van der Waals surface area (Å²) in [6.07, 6.45) is 3.24. The van der Waals surface area contributed by atoms with E-state index in [2.05, 4.69) is 20.5 Å².